The maximum Gasteiger partial charge on any atom is 0.517 e. The quantitative estimate of drug-likeness (QED) is 0.0597. The second kappa shape index (κ2) is 17.6. The van der Waals surface area contributed by atoms with Crippen molar-refractivity contribution in [2.75, 3.05) is 26.4 Å². The van der Waals surface area contributed by atoms with Crippen LogP contribution in [-0.4, -0.2) is 46.1 Å². The summed E-state index contributed by atoms with van der Waals surface area (Å²) in [7, 11) is 0. The predicted octanol–water partition coefficient (Wildman–Crippen LogP) is 8.38. The Balaban J connectivity index is 2.14. The molecule has 8 bridgehead atoms. The summed E-state index contributed by atoms with van der Waals surface area (Å²) in [6.45, 7) is 7.11. The Kier molecular flexibility index (Phi) is 13.0. The lowest BCUT2D eigenvalue weighted by Gasteiger charge is -2.37. The first-order valence-corrected chi connectivity index (χ1v) is 18.5. The normalized spacial score (nSPS) is 14.1. The molecule has 0 unspecified atom stereocenters. The molecule has 16 heteroatoms. The van der Waals surface area contributed by atoms with E-state index in [2.05, 4.69) is 0 Å². The molecule has 0 saturated carbocycles. The molecule has 296 valence electrons. The summed E-state index contributed by atoms with van der Waals surface area (Å²) < 4.78 is 25.6. The van der Waals surface area contributed by atoms with Gasteiger partial charge >= 0.3 is 17.0 Å². The van der Waals surface area contributed by atoms with Crippen molar-refractivity contribution in [2.45, 2.75) is 77.7 Å². The summed E-state index contributed by atoms with van der Waals surface area (Å²) in [5.41, 5.74) is -5.59. The minimum absolute atomic E-state index is 0.0613. The van der Waals surface area contributed by atoms with Gasteiger partial charge in [-0.2, -0.15) is 0 Å². The molecule has 0 fully saturated rings. The monoisotopic (exact) mass is 772 g/mol. The summed E-state index contributed by atoms with van der Waals surface area (Å²) in [6, 6.07) is 19.1. The van der Waals surface area contributed by atoms with Crippen molar-refractivity contribution in [1.82, 2.24) is 0 Å². The molecule has 0 N–H and O–H groups in total. The molecular weight excluding hydrogens is 728 g/mol. The zero-order valence-electron chi connectivity index (χ0n) is 31.7. The number of hydrogen-bond acceptors (Lipinski definition) is 12. The highest BCUT2D eigenvalue weighted by Gasteiger charge is 2.66. The van der Waals surface area contributed by atoms with Crippen LogP contribution in [0.5, 0.6) is 11.5 Å². The van der Waals surface area contributed by atoms with E-state index in [1.54, 1.807) is 39.0 Å². The number of benzene rings is 4. The second-order valence-corrected chi connectivity index (χ2v) is 13.4. The summed E-state index contributed by atoms with van der Waals surface area (Å²) >= 11 is 0. The molecule has 0 aliphatic heterocycles. The van der Waals surface area contributed by atoms with Crippen molar-refractivity contribution in [3.63, 3.8) is 0 Å². The fraction of sp³-hybridized carbons (Fsp3) is 0.400. The molecule has 56 heavy (non-hydrogen) atoms. The van der Waals surface area contributed by atoms with Crippen molar-refractivity contribution in [3.8, 4) is 11.5 Å². The van der Waals surface area contributed by atoms with Gasteiger partial charge in [0.25, 0.3) is 0 Å². The topological polar surface area (TPSA) is 209 Å². The van der Waals surface area contributed by atoms with Gasteiger partial charge < -0.3 is 18.9 Å². The molecule has 4 aromatic rings. The first kappa shape index (κ1) is 41.2. The number of rotatable bonds is 16. The van der Waals surface area contributed by atoms with Gasteiger partial charge in [-0.25, -0.2) is 0 Å². The zero-order valence-corrected chi connectivity index (χ0v) is 31.7. The van der Waals surface area contributed by atoms with Crippen molar-refractivity contribution in [2.24, 2.45) is 0 Å². The maximum atomic E-state index is 13.5. The molecule has 16 nitrogen and oxygen atoms in total. The average molecular weight is 773 g/mol. The predicted molar refractivity (Wildman–Crippen MR) is 204 cm³/mol. The van der Waals surface area contributed by atoms with Crippen molar-refractivity contribution >= 4 is 11.4 Å². The lowest BCUT2D eigenvalue weighted by atomic mass is 9.84. The Labute approximate surface area is 323 Å². The fourth-order valence-corrected chi connectivity index (χ4v) is 6.98. The SMILES string of the molecule is CCCOc1ccc2cc1C(OCCC)(OCCC)c1cc(c([N+](=O)[O-])c([N+](=O)[O-])c1OCCC)C([N+](=O)[O-])([N+](=O)[O-])c1cccc(c1)Cc1cccc(c1)C2. The van der Waals surface area contributed by atoms with Crippen LogP contribution < -0.4 is 9.47 Å². The highest BCUT2D eigenvalue weighted by molar-refractivity contribution is 5.72. The summed E-state index contributed by atoms with van der Waals surface area (Å²) in [5.74, 6) is -2.73. The molecular formula is C40H44N4O12. The van der Waals surface area contributed by atoms with E-state index in [0.717, 1.165) is 28.8 Å². The first-order valence-electron chi connectivity index (χ1n) is 18.5. The van der Waals surface area contributed by atoms with E-state index in [-0.39, 0.29) is 50.6 Å². The highest BCUT2D eigenvalue weighted by Crippen LogP contribution is 2.54. The number of nitro benzene ring substituents is 2. The van der Waals surface area contributed by atoms with Crippen LogP contribution in [0.1, 0.15) is 97.9 Å². The third-order valence-corrected chi connectivity index (χ3v) is 9.32. The number of fused-ring (bicyclic) bond motifs is 8. The molecule has 1 aliphatic rings. The van der Waals surface area contributed by atoms with Gasteiger partial charge in [-0.05, 0) is 91.1 Å². The lowest BCUT2D eigenvalue weighted by Crippen LogP contribution is -2.46. The Hall–Kier alpha value is -6.00. The van der Waals surface area contributed by atoms with Gasteiger partial charge in [0.05, 0.1) is 47.4 Å². The van der Waals surface area contributed by atoms with Crippen molar-refractivity contribution in [3.05, 3.63) is 158 Å². The van der Waals surface area contributed by atoms with E-state index in [1.165, 1.54) is 12.1 Å². The Bertz CT molecular complexity index is 2100. The van der Waals surface area contributed by atoms with Gasteiger partial charge in [0, 0.05) is 0 Å². The second-order valence-electron chi connectivity index (χ2n) is 13.4. The molecule has 1 aliphatic carbocycles. The van der Waals surface area contributed by atoms with Gasteiger partial charge in [-0.3, -0.25) is 40.5 Å². The molecule has 0 spiro atoms. The Morgan fingerprint density at radius 2 is 1.07 bits per heavy atom. The third kappa shape index (κ3) is 7.75. The van der Waals surface area contributed by atoms with Crippen LogP contribution in [-0.2, 0) is 33.8 Å². The maximum absolute atomic E-state index is 13.5. The Morgan fingerprint density at radius 1 is 0.554 bits per heavy atom. The molecule has 5 rings (SSSR count). The van der Waals surface area contributed by atoms with Gasteiger partial charge in [0.1, 0.15) is 21.2 Å². The number of nitrogens with zero attached hydrogens (tertiary/aromatic N) is 4. The number of hydrogen-bond donors (Lipinski definition) is 0. The highest BCUT2D eigenvalue weighted by atomic mass is 16.7. The van der Waals surface area contributed by atoms with E-state index >= 15 is 0 Å². The molecule has 0 heterocycles. The minimum atomic E-state index is -3.65. The molecule has 0 saturated heterocycles. The average Bonchev–Trinajstić information content (AvgIpc) is 3.16. The van der Waals surface area contributed by atoms with Gasteiger partial charge in [-0.1, -0.05) is 70.2 Å². The van der Waals surface area contributed by atoms with E-state index in [0.29, 0.717) is 31.2 Å². The minimum Gasteiger partial charge on any atom is -0.493 e. The molecule has 0 aromatic heterocycles. The summed E-state index contributed by atoms with van der Waals surface area (Å²) in [5, 5.41) is 53.4. The van der Waals surface area contributed by atoms with Crippen LogP contribution in [0.25, 0.3) is 0 Å². The number of ether oxygens (including phenoxy) is 4. The molecule has 0 amide bonds. The van der Waals surface area contributed by atoms with E-state index < -0.39 is 65.0 Å². The molecule has 0 atom stereocenters. The largest absolute Gasteiger partial charge is 0.517 e. The van der Waals surface area contributed by atoms with Crippen LogP contribution in [0.15, 0.2) is 72.8 Å². The van der Waals surface area contributed by atoms with Crippen LogP contribution in [0.2, 0.25) is 0 Å². The smallest absolute Gasteiger partial charge is 0.493 e. The van der Waals surface area contributed by atoms with Crippen molar-refractivity contribution < 1.29 is 38.6 Å². The third-order valence-electron chi connectivity index (χ3n) is 9.32. The summed E-state index contributed by atoms with van der Waals surface area (Å²) in [6.07, 6.45) is 2.22. The van der Waals surface area contributed by atoms with Crippen LogP contribution >= 0.6 is 0 Å². The lowest BCUT2D eigenvalue weighted by molar-refractivity contribution is -0.796. The fourth-order valence-electron chi connectivity index (χ4n) is 6.98. The number of nitro groups is 4. The first-order chi connectivity index (χ1) is 26.9. The van der Waals surface area contributed by atoms with Crippen LogP contribution in [0.3, 0.4) is 0 Å². The van der Waals surface area contributed by atoms with Gasteiger partial charge in [0.2, 0.25) is 11.5 Å². The van der Waals surface area contributed by atoms with Gasteiger partial charge in [-0.15, -0.1) is 0 Å². The molecule has 0 radical (unpaired) electrons. The van der Waals surface area contributed by atoms with E-state index in [9.17, 15) is 40.5 Å². The standard InChI is InChI=1S/C40H44N4O12/c1-5-17-53-35-16-15-30-23-28-12-9-11-27(21-28)22-29-13-10-14-31(24-29)39(43(49)50,44(51)52)33-26-34(40(32(35)25-30,55-19-7-3)56-20-8-4)38(54-18-6-2)37(42(47)48)36(33)41(45)46/h9-16,21,24-26H,5-8,17-20,22-23H2,1-4H3. The van der Waals surface area contributed by atoms with E-state index in [4.69, 9.17) is 18.9 Å². The Morgan fingerprint density at radius 3 is 1.61 bits per heavy atom. The van der Waals surface area contributed by atoms with E-state index in [1.807, 2.05) is 37.3 Å². The van der Waals surface area contributed by atoms with Crippen molar-refractivity contribution in [1.29, 1.82) is 0 Å². The molecule has 4 aromatic carbocycles. The summed E-state index contributed by atoms with van der Waals surface area (Å²) in [4.78, 5) is 48.5. The van der Waals surface area contributed by atoms with Crippen LogP contribution in [0, 0.1) is 40.5 Å². The van der Waals surface area contributed by atoms with Gasteiger partial charge in [0.15, 0.2) is 5.56 Å². The zero-order chi connectivity index (χ0) is 40.6. The van der Waals surface area contributed by atoms with Crippen LogP contribution in [0.4, 0.5) is 11.4 Å².